The molecule has 186 valence electrons. The molecule has 2 aromatic carbocycles. The Kier molecular flexibility index (Phi) is 8.20. The molecule has 0 bridgehead atoms. The van der Waals surface area contributed by atoms with Crippen molar-refractivity contribution in [3.05, 3.63) is 106 Å². The summed E-state index contributed by atoms with van der Waals surface area (Å²) in [5.74, 6) is -0.0204. The summed E-state index contributed by atoms with van der Waals surface area (Å²) in [6, 6.07) is 9.74. The molecule has 0 radical (unpaired) electrons. The molecule has 0 saturated carbocycles. The van der Waals surface area contributed by atoms with Crippen molar-refractivity contribution in [1.82, 2.24) is 4.57 Å². The van der Waals surface area contributed by atoms with Gasteiger partial charge in [0.05, 0.1) is 26.9 Å². The van der Waals surface area contributed by atoms with Gasteiger partial charge in [-0.05, 0) is 59.6 Å². The van der Waals surface area contributed by atoms with E-state index in [-0.39, 0.29) is 24.3 Å². The van der Waals surface area contributed by atoms with Gasteiger partial charge in [-0.2, -0.15) is 0 Å². The molecule has 4 rings (SSSR count). The monoisotopic (exact) mass is 606 g/mol. The first-order valence-corrected chi connectivity index (χ1v) is 13.3. The van der Waals surface area contributed by atoms with Crippen LogP contribution in [0.25, 0.3) is 6.08 Å². The number of hydrogen-bond donors (Lipinski definition) is 0. The molecule has 0 unspecified atom stereocenters. The Bertz CT molecular complexity index is 1580. The summed E-state index contributed by atoms with van der Waals surface area (Å²) in [5.41, 5.74) is 1.61. The zero-order valence-corrected chi connectivity index (χ0v) is 23.3. The van der Waals surface area contributed by atoms with Crippen molar-refractivity contribution in [3.8, 4) is 5.75 Å². The lowest BCUT2D eigenvalue weighted by molar-refractivity contribution is -0.139. The SMILES string of the molecule is C=CCOc1c(Br)cc(Cl)cc1/C=c1\sc2n(c1=O)[C@H](c1ccccc1Cl)C(C(=O)OCC)=C(C)N=2. The van der Waals surface area contributed by atoms with Crippen LogP contribution in [-0.4, -0.2) is 23.8 Å². The molecule has 1 aromatic heterocycles. The van der Waals surface area contributed by atoms with Crippen LogP contribution in [0.15, 0.2) is 74.6 Å². The molecule has 36 heavy (non-hydrogen) atoms. The second-order valence-electron chi connectivity index (χ2n) is 7.73. The van der Waals surface area contributed by atoms with E-state index in [4.69, 9.17) is 32.7 Å². The molecule has 0 fully saturated rings. The van der Waals surface area contributed by atoms with Gasteiger partial charge in [0.25, 0.3) is 5.56 Å². The molecule has 0 saturated heterocycles. The Morgan fingerprint density at radius 3 is 2.75 bits per heavy atom. The van der Waals surface area contributed by atoms with E-state index in [9.17, 15) is 9.59 Å². The number of ether oxygens (including phenoxy) is 2. The largest absolute Gasteiger partial charge is 0.488 e. The van der Waals surface area contributed by atoms with Gasteiger partial charge in [0, 0.05) is 15.6 Å². The summed E-state index contributed by atoms with van der Waals surface area (Å²) in [6.45, 7) is 7.60. The van der Waals surface area contributed by atoms with Gasteiger partial charge in [-0.3, -0.25) is 9.36 Å². The summed E-state index contributed by atoms with van der Waals surface area (Å²) in [7, 11) is 0. The van der Waals surface area contributed by atoms with Crippen LogP contribution in [0, 0.1) is 0 Å². The van der Waals surface area contributed by atoms with Crippen LogP contribution in [0.5, 0.6) is 5.75 Å². The van der Waals surface area contributed by atoms with Crippen molar-refractivity contribution in [2.75, 3.05) is 13.2 Å². The van der Waals surface area contributed by atoms with Crippen molar-refractivity contribution in [3.63, 3.8) is 0 Å². The molecule has 6 nitrogen and oxygen atoms in total. The Balaban J connectivity index is 1.98. The fourth-order valence-electron chi connectivity index (χ4n) is 3.91. The second kappa shape index (κ2) is 11.2. The zero-order valence-electron chi connectivity index (χ0n) is 19.4. The summed E-state index contributed by atoms with van der Waals surface area (Å²) in [5, 5.41) is 0.897. The summed E-state index contributed by atoms with van der Waals surface area (Å²) in [4.78, 5) is 31.8. The number of nitrogens with zero attached hydrogens (tertiary/aromatic N) is 2. The lowest BCUT2D eigenvalue weighted by Gasteiger charge is -2.25. The highest BCUT2D eigenvalue weighted by molar-refractivity contribution is 9.10. The molecule has 3 aromatic rings. The first-order valence-electron chi connectivity index (χ1n) is 10.9. The van der Waals surface area contributed by atoms with Crippen LogP contribution in [0.2, 0.25) is 10.0 Å². The smallest absolute Gasteiger partial charge is 0.338 e. The first-order chi connectivity index (χ1) is 17.3. The highest BCUT2D eigenvalue weighted by Crippen LogP contribution is 2.35. The number of aromatic nitrogens is 1. The minimum Gasteiger partial charge on any atom is -0.488 e. The van der Waals surface area contributed by atoms with E-state index in [1.165, 1.54) is 15.9 Å². The van der Waals surface area contributed by atoms with Crippen molar-refractivity contribution < 1.29 is 14.3 Å². The Labute approximate surface area is 229 Å². The molecule has 0 N–H and O–H groups in total. The fourth-order valence-corrected chi connectivity index (χ4v) is 6.13. The van der Waals surface area contributed by atoms with Crippen LogP contribution in [0.4, 0.5) is 0 Å². The number of esters is 1. The summed E-state index contributed by atoms with van der Waals surface area (Å²) < 4.78 is 13.7. The number of hydrogen-bond acceptors (Lipinski definition) is 6. The van der Waals surface area contributed by atoms with Gasteiger partial charge >= 0.3 is 5.97 Å². The van der Waals surface area contributed by atoms with Gasteiger partial charge in [-0.15, -0.1) is 0 Å². The average Bonchev–Trinajstić information content (AvgIpc) is 3.12. The first kappa shape index (κ1) is 26.4. The zero-order chi connectivity index (χ0) is 26.0. The predicted octanol–water partition coefficient (Wildman–Crippen LogP) is 5.43. The van der Waals surface area contributed by atoms with Crippen LogP contribution in [-0.2, 0) is 9.53 Å². The van der Waals surface area contributed by atoms with Gasteiger partial charge in [-0.1, -0.05) is 65.4 Å². The normalized spacial score (nSPS) is 15.4. The molecule has 0 amide bonds. The van der Waals surface area contributed by atoms with Crippen molar-refractivity contribution in [2.24, 2.45) is 4.99 Å². The van der Waals surface area contributed by atoms with Gasteiger partial charge in [0.1, 0.15) is 18.4 Å². The van der Waals surface area contributed by atoms with E-state index >= 15 is 0 Å². The summed E-state index contributed by atoms with van der Waals surface area (Å²) in [6.07, 6.45) is 3.33. The van der Waals surface area contributed by atoms with Crippen LogP contribution in [0.3, 0.4) is 0 Å². The molecule has 0 aliphatic carbocycles. The predicted molar refractivity (Wildman–Crippen MR) is 147 cm³/mol. The number of thiazole rings is 1. The molecule has 10 heteroatoms. The van der Waals surface area contributed by atoms with E-state index in [1.54, 1.807) is 56.3 Å². The topological polar surface area (TPSA) is 69.9 Å². The van der Waals surface area contributed by atoms with E-state index in [2.05, 4.69) is 27.5 Å². The van der Waals surface area contributed by atoms with Crippen LogP contribution >= 0.6 is 50.5 Å². The Morgan fingerprint density at radius 1 is 1.31 bits per heavy atom. The average molecular weight is 608 g/mol. The van der Waals surface area contributed by atoms with E-state index in [0.717, 1.165) is 0 Å². The van der Waals surface area contributed by atoms with Crippen molar-refractivity contribution in [2.45, 2.75) is 19.9 Å². The maximum Gasteiger partial charge on any atom is 0.338 e. The van der Waals surface area contributed by atoms with Crippen LogP contribution in [0.1, 0.15) is 31.0 Å². The molecular formula is C26H21BrCl2N2O4S. The molecular weight excluding hydrogens is 587 g/mol. The molecule has 1 atom stereocenters. The third kappa shape index (κ3) is 5.09. The minimum atomic E-state index is -0.793. The maximum absolute atomic E-state index is 13.8. The number of allylic oxidation sites excluding steroid dienone is 1. The number of benzene rings is 2. The fraction of sp³-hybridized carbons (Fsp3) is 0.192. The number of fused-ring (bicyclic) bond motifs is 1. The third-order valence-electron chi connectivity index (χ3n) is 5.39. The Hall–Kier alpha value is -2.65. The van der Waals surface area contributed by atoms with E-state index in [0.29, 0.717) is 46.4 Å². The second-order valence-corrected chi connectivity index (χ2v) is 10.4. The third-order valence-corrected chi connectivity index (χ3v) is 7.52. The molecule has 0 spiro atoms. The van der Waals surface area contributed by atoms with Crippen molar-refractivity contribution >= 4 is 62.5 Å². The lowest BCUT2D eigenvalue weighted by atomic mass is 9.96. The standard InChI is InChI=1S/C26H21BrCl2N2O4S/c1-4-10-35-23-15(11-16(28)13-18(23)27)12-20-24(32)31-22(17-8-6-7-9-19(17)29)21(25(33)34-5-2)14(3)30-26(31)36-20/h4,6-9,11-13,22H,1,5,10H2,2-3H3/b20-12-/t22-/m1/s1. The highest BCUT2D eigenvalue weighted by Gasteiger charge is 2.34. The summed E-state index contributed by atoms with van der Waals surface area (Å²) >= 11 is 17.5. The molecule has 1 aliphatic heterocycles. The van der Waals surface area contributed by atoms with E-state index in [1.807, 2.05) is 6.07 Å². The maximum atomic E-state index is 13.8. The van der Waals surface area contributed by atoms with Crippen LogP contribution < -0.4 is 19.6 Å². The van der Waals surface area contributed by atoms with E-state index < -0.39 is 12.0 Å². The number of halogens is 3. The molecule has 1 aliphatic rings. The van der Waals surface area contributed by atoms with Gasteiger partial charge < -0.3 is 9.47 Å². The number of carbonyl (C=O) groups excluding carboxylic acids is 1. The minimum absolute atomic E-state index is 0.187. The van der Waals surface area contributed by atoms with Gasteiger partial charge in [0.2, 0.25) is 0 Å². The highest BCUT2D eigenvalue weighted by atomic mass is 79.9. The van der Waals surface area contributed by atoms with Gasteiger partial charge in [0.15, 0.2) is 4.80 Å². The van der Waals surface area contributed by atoms with Gasteiger partial charge in [-0.25, -0.2) is 9.79 Å². The lowest BCUT2D eigenvalue weighted by Crippen LogP contribution is -2.40. The number of carbonyl (C=O) groups is 1. The quantitative estimate of drug-likeness (QED) is 0.265. The Morgan fingerprint density at radius 2 is 2.06 bits per heavy atom. The molecule has 2 heterocycles. The number of rotatable bonds is 7. The van der Waals surface area contributed by atoms with Crippen molar-refractivity contribution in [1.29, 1.82) is 0 Å².